The van der Waals surface area contributed by atoms with Gasteiger partial charge < -0.3 is 41.6 Å². The number of benzene rings is 2. The number of aliphatic hydroxyl groups is 1. The Hall–Kier alpha value is -4.42. The fraction of sp³-hybridized carbons (Fsp3) is 0.379. The summed E-state index contributed by atoms with van der Waals surface area (Å²) < 4.78 is 0. The molecule has 1 saturated heterocycles. The summed E-state index contributed by atoms with van der Waals surface area (Å²) in [5.74, 6) is -3.12. The number of aromatic nitrogens is 1. The van der Waals surface area contributed by atoms with Crippen molar-refractivity contribution in [3.8, 4) is 5.75 Å². The van der Waals surface area contributed by atoms with E-state index in [-0.39, 0.29) is 25.1 Å². The molecule has 1 aliphatic heterocycles. The van der Waals surface area contributed by atoms with Crippen LogP contribution in [0.2, 0.25) is 0 Å². The van der Waals surface area contributed by atoms with Gasteiger partial charge in [-0.15, -0.1) is 0 Å². The molecule has 218 valence electrons. The first-order valence-corrected chi connectivity index (χ1v) is 13.5. The fourth-order valence-electron chi connectivity index (χ4n) is 5.12. The average Bonchev–Trinajstić information content (AvgIpc) is 3.59. The van der Waals surface area contributed by atoms with Crippen molar-refractivity contribution < 1.29 is 34.5 Å². The van der Waals surface area contributed by atoms with E-state index in [9.17, 15) is 34.5 Å². The quantitative estimate of drug-likeness (QED) is 0.173. The van der Waals surface area contributed by atoms with E-state index in [4.69, 9.17) is 5.73 Å². The summed E-state index contributed by atoms with van der Waals surface area (Å²) >= 11 is 0. The molecule has 2 heterocycles. The molecule has 0 radical (unpaired) electrons. The number of amides is 3. The van der Waals surface area contributed by atoms with Crippen molar-refractivity contribution in [1.29, 1.82) is 0 Å². The zero-order valence-corrected chi connectivity index (χ0v) is 22.6. The summed E-state index contributed by atoms with van der Waals surface area (Å²) in [6.07, 6.45) is 1.53. The van der Waals surface area contributed by atoms with Crippen LogP contribution in [0.25, 0.3) is 10.9 Å². The lowest BCUT2D eigenvalue weighted by atomic mass is 10.0. The molecule has 8 N–H and O–H groups in total. The summed E-state index contributed by atoms with van der Waals surface area (Å²) in [7, 11) is 0. The number of carboxylic acids is 1. The van der Waals surface area contributed by atoms with Gasteiger partial charge in [-0.3, -0.25) is 14.4 Å². The largest absolute Gasteiger partial charge is 0.508 e. The predicted octanol–water partition coefficient (Wildman–Crippen LogP) is 0.412. The van der Waals surface area contributed by atoms with Crippen LogP contribution in [0.3, 0.4) is 0 Å². The topological polar surface area (TPSA) is 198 Å². The lowest BCUT2D eigenvalue weighted by molar-refractivity contribution is -0.147. The number of carbonyl (C=O) groups excluding carboxylic acids is 3. The molecule has 41 heavy (non-hydrogen) atoms. The second-order valence-electron chi connectivity index (χ2n) is 10.4. The van der Waals surface area contributed by atoms with Crippen LogP contribution in [0.4, 0.5) is 0 Å². The number of nitrogens with two attached hydrogens (primary N) is 1. The van der Waals surface area contributed by atoms with Crippen LogP contribution in [-0.2, 0) is 32.0 Å². The number of aromatic amines is 1. The Balaban J connectivity index is 1.52. The maximum absolute atomic E-state index is 13.8. The van der Waals surface area contributed by atoms with E-state index in [1.807, 2.05) is 24.3 Å². The van der Waals surface area contributed by atoms with Gasteiger partial charge in [-0.1, -0.05) is 30.3 Å². The smallest absolute Gasteiger partial charge is 0.328 e. The van der Waals surface area contributed by atoms with Gasteiger partial charge in [-0.25, -0.2) is 4.79 Å². The fourth-order valence-corrected chi connectivity index (χ4v) is 5.12. The number of nitrogens with zero attached hydrogens (tertiary/aromatic N) is 1. The number of rotatable bonds is 11. The number of nitrogens with one attached hydrogen (secondary N) is 3. The number of phenols is 1. The molecule has 5 atom stereocenters. The predicted molar refractivity (Wildman–Crippen MR) is 150 cm³/mol. The summed E-state index contributed by atoms with van der Waals surface area (Å²) in [6, 6.07) is 9.26. The number of hydrogen-bond acceptors (Lipinski definition) is 7. The highest BCUT2D eigenvalue weighted by Gasteiger charge is 2.39. The van der Waals surface area contributed by atoms with Gasteiger partial charge in [0, 0.05) is 30.1 Å². The number of phenolic OH excluding ortho intramolecular Hbond substituents is 1. The Morgan fingerprint density at radius 1 is 1.07 bits per heavy atom. The van der Waals surface area contributed by atoms with Crippen LogP contribution in [0.5, 0.6) is 5.75 Å². The van der Waals surface area contributed by atoms with Crippen LogP contribution < -0.4 is 16.4 Å². The Morgan fingerprint density at radius 3 is 2.46 bits per heavy atom. The van der Waals surface area contributed by atoms with E-state index in [0.717, 1.165) is 16.5 Å². The lowest BCUT2D eigenvalue weighted by Gasteiger charge is -2.30. The average molecular weight is 566 g/mol. The molecular formula is C29H35N5O7. The molecule has 5 unspecified atom stereocenters. The van der Waals surface area contributed by atoms with Gasteiger partial charge in [-0.2, -0.15) is 0 Å². The van der Waals surface area contributed by atoms with Crippen LogP contribution in [0.15, 0.2) is 54.7 Å². The van der Waals surface area contributed by atoms with Gasteiger partial charge in [0.25, 0.3) is 0 Å². The first-order valence-electron chi connectivity index (χ1n) is 13.5. The summed E-state index contributed by atoms with van der Waals surface area (Å²) in [6.45, 7) is 1.48. The van der Waals surface area contributed by atoms with E-state index in [1.165, 1.54) is 24.0 Å². The molecule has 12 heteroatoms. The highest BCUT2D eigenvalue weighted by atomic mass is 16.4. The standard InChI is InChI=1S/C29H35N5O7/c1-16(35)25(29(40)41)33-27(38)24-7-4-12-34(24)28(39)23(13-17-8-10-19(36)11-9-17)32-26(37)21(30)14-18-15-31-22-6-3-2-5-20(18)22/h2-3,5-6,8-11,15-16,21,23-25,31,35-36H,4,7,12-14,30H2,1H3,(H,32,37)(H,33,38)(H,40,41). The molecule has 1 aromatic heterocycles. The van der Waals surface area contributed by atoms with Crippen LogP contribution in [0.1, 0.15) is 30.9 Å². The number of aliphatic carboxylic acids is 1. The molecule has 1 fully saturated rings. The van der Waals surface area contributed by atoms with Gasteiger partial charge >= 0.3 is 5.97 Å². The minimum absolute atomic E-state index is 0.0452. The Morgan fingerprint density at radius 2 is 1.78 bits per heavy atom. The monoisotopic (exact) mass is 565 g/mol. The van der Waals surface area contributed by atoms with Gasteiger partial charge in [0.05, 0.1) is 12.1 Å². The molecule has 0 spiro atoms. The normalized spacial score (nSPS) is 17.9. The zero-order valence-electron chi connectivity index (χ0n) is 22.6. The molecule has 1 aliphatic rings. The second kappa shape index (κ2) is 12.8. The molecule has 3 amide bonds. The summed E-state index contributed by atoms with van der Waals surface area (Å²) in [5, 5.41) is 34.8. The van der Waals surface area contributed by atoms with E-state index in [1.54, 1.807) is 18.3 Å². The third-order valence-electron chi connectivity index (χ3n) is 7.33. The van der Waals surface area contributed by atoms with Crippen LogP contribution in [0, 0.1) is 0 Å². The van der Waals surface area contributed by atoms with Crippen molar-refractivity contribution in [2.45, 2.75) is 62.9 Å². The van der Waals surface area contributed by atoms with Crippen molar-refractivity contribution in [2.75, 3.05) is 6.54 Å². The summed E-state index contributed by atoms with van der Waals surface area (Å²) in [5.41, 5.74) is 8.70. The maximum atomic E-state index is 13.8. The van der Waals surface area contributed by atoms with Gasteiger partial charge in [0.1, 0.15) is 17.8 Å². The highest BCUT2D eigenvalue weighted by Crippen LogP contribution is 2.22. The highest BCUT2D eigenvalue weighted by molar-refractivity contribution is 5.95. The number of likely N-dealkylation sites (tertiary alicyclic amines) is 1. The Labute approximate surface area is 236 Å². The molecule has 3 aromatic rings. The minimum atomic E-state index is -1.53. The number of carboxylic acid groups (broad SMARTS) is 1. The summed E-state index contributed by atoms with van der Waals surface area (Å²) in [4.78, 5) is 56.0. The molecule has 12 nitrogen and oxygen atoms in total. The van der Waals surface area contributed by atoms with Crippen molar-refractivity contribution in [3.05, 3.63) is 65.9 Å². The first kappa shape index (κ1) is 29.6. The minimum Gasteiger partial charge on any atom is -0.508 e. The Kier molecular flexibility index (Phi) is 9.25. The second-order valence-corrected chi connectivity index (χ2v) is 10.4. The Bertz CT molecular complexity index is 1400. The van der Waals surface area contributed by atoms with Crippen molar-refractivity contribution in [3.63, 3.8) is 0 Å². The lowest BCUT2D eigenvalue weighted by Crippen LogP contribution is -2.58. The molecular weight excluding hydrogens is 530 g/mol. The van der Waals surface area contributed by atoms with Crippen molar-refractivity contribution in [2.24, 2.45) is 5.73 Å². The maximum Gasteiger partial charge on any atom is 0.328 e. The van der Waals surface area contributed by atoms with E-state index in [2.05, 4.69) is 15.6 Å². The van der Waals surface area contributed by atoms with Gasteiger partial charge in [0.2, 0.25) is 17.7 Å². The number of fused-ring (bicyclic) bond motifs is 1. The number of para-hydroxylation sites is 1. The number of aromatic hydroxyl groups is 1. The molecule has 2 aromatic carbocycles. The molecule has 4 rings (SSSR count). The van der Waals surface area contributed by atoms with Gasteiger partial charge in [0.15, 0.2) is 6.04 Å². The van der Waals surface area contributed by atoms with E-state index in [0.29, 0.717) is 18.4 Å². The number of aliphatic hydroxyl groups excluding tert-OH is 1. The number of H-pyrrole nitrogens is 1. The van der Waals surface area contributed by atoms with Crippen LogP contribution in [-0.4, -0.2) is 85.7 Å². The zero-order chi connectivity index (χ0) is 29.7. The number of hydrogen-bond donors (Lipinski definition) is 7. The van der Waals surface area contributed by atoms with Crippen LogP contribution >= 0.6 is 0 Å². The molecule has 0 bridgehead atoms. The van der Waals surface area contributed by atoms with Crippen molar-refractivity contribution in [1.82, 2.24) is 20.5 Å². The van der Waals surface area contributed by atoms with Gasteiger partial charge in [-0.05, 0) is 55.5 Å². The molecule has 0 aliphatic carbocycles. The third kappa shape index (κ3) is 7.02. The SMILES string of the molecule is CC(O)C(NC(=O)C1CCCN1C(=O)C(Cc1ccc(O)cc1)NC(=O)C(N)Cc1c[nH]c2ccccc12)C(=O)O. The van der Waals surface area contributed by atoms with E-state index < -0.39 is 54.0 Å². The van der Waals surface area contributed by atoms with Crippen molar-refractivity contribution >= 4 is 34.6 Å². The molecule has 0 saturated carbocycles. The van der Waals surface area contributed by atoms with E-state index >= 15 is 0 Å². The third-order valence-corrected chi connectivity index (χ3v) is 7.33. The number of carbonyl (C=O) groups is 4. The first-order chi connectivity index (χ1) is 19.5.